The molecule has 3 N–H and O–H groups in total. The van der Waals surface area contributed by atoms with Gasteiger partial charge in [-0.05, 0) is 113 Å². The number of primary amides is 1. The Morgan fingerprint density at radius 2 is 1.64 bits per heavy atom. The summed E-state index contributed by atoms with van der Waals surface area (Å²) in [6.07, 6.45) is 13.4. The number of carbonyl (C=O) groups is 2. The van der Waals surface area contributed by atoms with E-state index in [4.69, 9.17) is 15.3 Å². The van der Waals surface area contributed by atoms with E-state index in [1.54, 1.807) is 23.0 Å². The van der Waals surface area contributed by atoms with Gasteiger partial charge in [-0.15, -0.1) is 11.3 Å². The van der Waals surface area contributed by atoms with Crippen molar-refractivity contribution in [2.45, 2.75) is 69.5 Å². The summed E-state index contributed by atoms with van der Waals surface area (Å²) >= 11 is 1.81. The van der Waals surface area contributed by atoms with Crippen LogP contribution in [0.4, 0.5) is 10.5 Å². The number of benzene rings is 4. The number of hydrogen-bond donors (Lipinski definition) is 2. The number of ether oxygens (including phenoxy) is 1. The molecular formula is C48H47N3O6S2. The van der Waals surface area contributed by atoms with Gasteiger partial charge in [0.2, 0.25) is 5.91 Å². The van der Waals surface area contributed by atoms with Gasteiger partial charge in [0.1, 0.15) is 0 Å². The van der Waals surface area contributed by atoms with E-state index in [0.29, 0.717) is 18.8 Å². The van der Waals surface area contributed by atoms with Gasteiger partial charge in [-0.3, -0.25) is 4.79 Å². The second-order valence-electron chi connectivity index (χ2n) is 15.1. The molecule has 4 aliphatic rings. The van der Waals surface area contributed by atoms with E-state index in [1.807, 2.05) is 48.5 Å². The minimum absolute atomic E-state index is 0.150. The fraction of sp³-hybridized carbons (Fsp3) is 0.250. The summed E-state index contributed by atoms with van der Waals surface area (Å²) in [5.41, 5.74) is 17.7. The van der Waals surface area contributed by atoms with E-state index in [1.165, 1.54) is 55.5 Å². The fourth-order valence-corrected chi connectivity index (χ4v) is 10.3. The number of hydrogen-bond acceptors (Lipinski definition) is 7. The maximum absolute atomic E-state index is 13.5. The molecular weight excluding hydrogens is 779 g/mol. The Balaban J connectivity index is 0.000000349. The Bertz CT molecular complexity index is 2540. The molecule has 2 unspecified atom stereocenters. The van der Waals surface area contributed by atoms with Crippen LogP contribution in [0.15, 0.2) is 127 Å². The van der Waals surface area contributed by atoms with Crippen molar-refractivity contribution in [2.75, 3.05) is 11.7 Å². The van der Waals surface area contributed by atoms with E-state index >= 15 is 0 Å². The molecule has 11 heteroatoms. The largest absolute Gasteiger partial charge is 0.370 e. The number of thiophene rings is 1. The van der Waals surface area contributed by atoms with Crippen molar-refractivity contribution in [3.8, 4) is 21.6 Å². The molecule has 0 spiro atoms. The molecule has 1 saturated heterocycles. The molecule has 3 heterocycles. The number of aryl methyl sites for hydroxylation is 1. The normalized spacial score (nSPS) is 18.5. The van der Waals surface area contributed by atoms with Gasteiger partial charge >= 0.3 is 6.03 Å². The standard InChI is InChI=1S/C41H38N2O3S.C7H9NO3S/c44-41(42-27-28-9-2-1-3-10-28)43(46-40-15-6-7-24-45-40)33-13-8-12-31(26-33)38-22-23-39(47-38)32-18-19-35-30(25-32)17-21-36-34-14-5-4-11-29(34)16-20-37(35)36;8-7(9)5-6-3-1-2-4-12(6,10)11/h1-5,8-14,17,21-23,25-26,40H,6-7,15-16,18-20,24,27H2,(H,42,44);1-4,6H,5H2,(H2,8,9). The molecule has 9 rings (SSSR count). The average molecular weight is 826 g/mol. The molecule has 4 aromatic carbocycles. The fourth-order valence-electron chi connectivity index (χ4n) is 8.02. The van der Waals surface area contributed by atoms with Gasteiger partial charge in [0.05, 0.1) is 10.9 Å². The SMILES string of the molecule is NC(=O)CC1C=CC=CS1(=O)=O.O=C(NCc1ccccc1)N(OC1CCCCO1)c1cccc(-c2ccc(C3=Cc4ccc5c(c4CC3)CCc3ccccc3-5)s2)c1. The third kappa shape index (κ3) is 9.50. The number of nitrogens with zero attached hydrogens (tertiary/aromatic N) is 1. The first-order valence-corrected chi connectivity index (χ1v) is 22.6. The Kier molecular flexibility index (Phi) is 12.4. The van der Waals surface area contributed by atoms with Crippen molar-refractivity contribution in [1.82, 2.24) is 5.32 Å². The summed E-state index contributed by atoms with van der Waals surface area (Å²) in [5.74, 6) is -0.608. The van der Waals surface area contributed by atoms with Crippen LogP contribution in [0.5, 0.6) is 0 Å². The highest BCUT2D eigenvalue weighted by atomic mass is 32.2. The van der Waals surface area contributed by atoms with Crippen molar-refractivity contribution in [3.05, 3.63) is 159 Å². The molecule has 1 fully saturated rings. The van der Waals surface area contributed by atoms with E-state index in [0.717, 1.165) is 66.4 Å². The number of anilines is 1. The third-order valence-electron chi connectivity index (χ3n) is 11.0. The highest BCUT2D eigenvalue weighted by Gasteiger charge is 2.27. The maximum Gasteiger partial charge on any atom is 0.346 e. The first-order chi connectivity index (χ1) is 28.7. The van der Waals surface area contributed by atoms with Crippen LogP contribution in [-0.4, -0.2) is 38.5 Å². The number of urea groups is 1. The molecule has 5 aromatic rings. The molecule has 2 aliphatic carbocycles. The Morgan fingerprint density at radius 3 is 2.46 bits per heavy atom. The summed E-state index contributed by atoms with van der Waals surface area (Å²) in [6.45, 7) is 1.05. The predicted molar refractivity (Wildman–Crippen MR) is 236 cm³/mol. The first-order valence-electron chi connectivity index (χ1n) is 20.1. The second-order valence-corrected chi connectivity index (χ2v) is 18.2. The lowest BCUT2D eigenvalue weighted by Gasteiger charge is -2.29. The van der Waals surface area contributed by atoms with Gasteiger partial charge in [-0.25, -0.2) is 18.0 Å². The summed E-state index contributed by atoms with van der Waals surface area (Å²) in [4.78, 5) is 32.6. The zero-order valence-electron chi connectivity index (χ0n) is 32.7. The number of hydroxylamine groups is 1. The van der Waals surface area contributed by atoms with Crippen LogP contribution in [0, 0.1) is 0 Å². The lowest BCUT2D eigenvalue weighted by molar-refractivity contribution is -0.163. The molecule has 3 amide bonds. The summed E-state index contributed by atoms with van der Waals surface area (Å²) in [6, 6.07) is 35.6. The quantitative estimate of drug-likeness (QED) is 0.143. The molecule has 9 nitrogen and oxygen atoms in total. The van der Waals surface area contributed by atoms with Gasteiger partial charge in [0.15, 0.2) is 16.1 Å². The van der Waals surface area contributed by atoms with Crippen molar-refractivity contribution in [1.29, 1.82) is 0 Å². The minimum atomic E-state index is -3.29. The number of sulfone groups is 1. The topological polar surface area (TPSA) is 128 Å². The average Bonchev–Trinajstić information content (AvgIpc) is 3.77. The summed E-state index contributed by atoms with van der Waals surface area (Å²) < 4.78 is 28.2. The lowest BCUT2D eigenvalue weighted by atomic mass is 9.78. The van der Waals surface area contributed by atoms with Crippen molar-refractivity contribution in [2.24, 2.45) is 5.73 Å². The van der Waals surface area contributed by atoms with Crippen LogP contribution >= 0.6 is 11.3 Å². The number of fused-ring (bicyclic) bond motifs is 5. The predicted octanol–water partition coefficient (Wildman–Crippen LogP) is 9.57. The van der Waals surface area contributed by atoms with Crippen LogP contribution < -0.4 is 16.1 Å². The van der Waals surface area contributed by atoms with Crippen LogP contribution in [0.1, 0.15) is 64.8 Å². The van der Waals surface area contributed by atoms with Gasteiger partial charge in [-0.2, -0.15) is 5.06 Å². The van der Waals surface area contributed by atoms with Crippen molar-refractivity contribution >= 4 is 50.4 Å². The van der Waals surface area contributed by atoms with Crippen LogP contribution in [0.3, 0.4) is 0 Å². The van der Waals surface area contributed by atoms with Gasteiger partial charge in [0.25, 0.3) is 0 Å². The monoisotopic (exact) mass is 825 g/mol. The Labute approximate surface area is 349 Å². The molecule has 0 bridgehead atoms. The number of nitrogens with one attached hydrogen (secondary N) is 1. The van der Waals surface area contributed by atoms with E-state index in [2.05, 4.69) is 66.0 Å². The zero-order valence-corrected chi connectivity index (χ0v) is 34.4. The second kappa shape index (κ2) is 18.1. The van der Waals surface area contributed by atoms with E-state index in [9.17, 15) is 18.0 Å². The van der Waals surface area contributed by atoms with Crippen LogP contribution in [0.25, 0.3) is 33.2 Å². The Morgan fingerprint density at radius 1 is 0.831 bits per heavy atom. The smallest absolute Gasteiger partial charge is 0.346 e. The molecule has 0 radical (unpaired) electrons. The number of rotatable bonds is 9. The van der Waals surface area contributed by atoms with Crippen LogP contribution in [0.2, 0.25) is 0 Å². The minimum Gasteiger partial charge on any atom is -0.370 e. The lowest BCUT2D eigenvalue weighted by Crippen LogP contribution is -2.43. The van der Waals surface area contributed by atoms with Gasteiger partial charge < -0.3 is 15.8 Å². The van der Waals surface area contributed by atoms with Crippen molar-refractivity contribution in [3.63, 3.8) is 0 Å². The highest BCUT2D eigenvalue weighted by Crippen LogP contribution is 2.42. The molecule has 2 atom stereocenters. The number of carbonyl (C=O) groups excluding carboxylic acids is 2. The highest BCUT2D eigenvalue weighted by molar-refractivity contribution is 7.95. The number of amides is 3. The molecule has 2 aliphatic heterocycles. The van der Waals surface area contributed by atoms with Crippen molar-refractivity contribution < 1.29 is 27.6 Å². The van der Waals surface area contributed by atoms with Gasteiger partial charge in [-0.1, -0.05) is 103 Å². The molecule has 0 saturated carbocycles. The van der Waals surface area contributed by atoms with E-state index in [-0.39, 0.29) is 12.5 Å². The molecule has 59 heavy (non-hydrogen) atoms. The van der Waals surface area contributed by atoms with Gasteiger partial charge in [0, 0.05) is 41.2 Å². The number of allylic oxidation sites excluding steroid dienone is 3. The first kappa shape index (κ1) is 40.2. The zero-order chi connectivity index (χ0) is 40.8. The molecule has 302 valence electrons. The third-order valence-corrected chi connectivity index (χ3v) is 14.0. The summed E-state index contributed by atoms with van der Waals surface area (Å²) in [5, 5.41) is 4.70. The summed E-state index contributed by atoms with van der Waals surface area (Å²) in [7, 11) is -3.29. The number of nitrogens with two attached hydrogens (primary N) is 1. The maximum atomic E-state index is 13.5. The Hall–Kier alpha value is -5.59. The van der Waals surface area contributed by atoms with E-state index < -0.39 is 27.3 Å². The molecule has 1 aromatic heterocycles. The van der Waals surface area contributed by atoms with Crippen LogP contribution in [-0.2, 0) is 50.0 Å².